The van der Waals surface area contributed by atoms with E-state index in [4.69, 9.17) is 4.74 Å². The number of hydrogen-bond donors (Lipinski definition) is 2. The zero-order valence-electron chi connectivity index (χ0n) is 14.1. The Kier molecular flexibility index (Phi) is 4.53. The maximum absolute atomic E-state index is 11.8. The number of aromatic carboxylic acids is 1. The minimum absolute atomic E-state index is 0.175. The highest BCUT2D eigenvalue weighted by Crippen LogP contribution is 2.43. The van der Waals surface area contributed by atoms with Gasteiger partial charge in [-0.15, -0.1) is 0 Å². The van der Waals surface area contributed by atoms with Gasteiger partial charge in [-0.25, -0.2) is 4.79 Å². The number of pyridine rings is 1. The van der Waals surface area contributed by atoms with E-state index in [1.54, 1.807) is 11.7 Å². The third-order valence-corrected chi connectivity index (χ3v) is 5.02. The van der Waals surface area contributed by atoms with E-state index in [-0.39, 0.29) is 5.41 Å². The van der Waals surface area contributed by atoms with Crippen molar-refractivity contribution in [1.29, 1.82) is 0 Å². The Morgan fingerprint density at radius 3 is 2.64 bits per heavy atom. The molecule has 0 aliphatic heterocycles. The minimum Gasteiger partial charge on any atom is -0.503 e. The molecule has 1 aromatic heterocycles. The fraction of sp³-hybridized carbons (Fsp3) is 0.368. The van der Waals surface area contributed by atoms with E-state index in [9.17, 15) is 19.8 Å². The van der Waals surface area contributed by atoms with E-state index in [0.717, 1.165) is 37.0 Å². The number of nitrogens with zero attached hydrogens (tertiary/aromatic N) is 1. The minimum atomic E-state index is -1.34. The number of carbonyl (C=O) groups is 1. The molecule has 3 rings (SSSR count). The smallest absolute Gasteiger partial charge is 0.341 e. The van der Waals surface area contributed by atoms with Crippen LogP contribution in [-0.4, -0.2) is 27.9 Å². The summed E-state index contributed by atoms with van der Waals surface area (Å²) in [5.41, 5.74) is -0.324. The van der Waals surface area contributed by atoms with Crippen LogP contribution in [0.2, 0.25) is 0 Å². The fourth-order valence-corrected chi connectivity index (χ4v) is 3.75. The molecule has 1 heterocycles. The number of hydrogen-bond acceptors (Lipinski definition) is 4. The van der Waals surface area contributed by atoms with Crippen molar-refractivity contribution in [3.8, 4) is 11.5 Å². The average molecular weight is 343 g/mol. The molecule has 1 fully saturated rings. The zero-order chi connectivity index (χ0) is 18.0. The molecule has 6 heteroatoms. The highest BCUT2D eigenvalue weighted by Gasteiger charge is 2.36. The lowest BCUT2D eigenvalue weighted by Gasteiger charge is -2.31. The van der Waals surface area contributed by atoms with Crippen LogP contribution in [0.3, 0.4) is 0 Å². The molecule has 6 nitrogen and oxygen atoms in total. The van der Waals surface area contributed by atoms with E-state index >= 15 is 0 Å². The van der Waals surface area contributed by atoms with Crippen molar-refractivity contribution in [1.82, 2.24) is 4.57 Å². The number of carboxylic acids is 1. The molecular formula is C19H21NO5. The number of aromatic nitrogens is 1. The number of aromatic hydroxyl groups is 1. The van der Waals surface area contributed by atoms with E-state index < -0.39 is 22.7 Å². The van der Waals surface area contributed by atoms with Crippen molar-refractivity contribution < 1.29 is 19.7 Å². The molecule has 0 radical (unpaired) electrons. The van der Waals surface area contributed by atoms with Gasteiger partial charge in [0.25, 0.3) is 0 Å². The molecule has 1 aliphatic rings. The summed E-state index contributed by atoms with van der Waals surface area (Å²) in [6, 6.07) is 7.89. The third-order valence-electron chi connectivity index (χ3n) is 5.02. The average Bonchev–Trinajstić information content (AvgIpc) is 3.07. The topological polar surface area (TPSA) is 88.8 Å². The van der Waals surface area contributed by atoms with Crippen LogP contribution >= 0.6 is 0 Å². The molecule has 0 amide bonds. The zero-order valence-corrected chi connectivity index (χ0v) is 14.1. The van der Waals surface area contributed by atoms with Gasteiger partial charge in [-0.1, -0.05) is 25.0 Å². The third kappa shape index (κ3) is 3.24. The molecule has 1 aliphatic carbocycles. The van der Waals surface area contributed by atoms with Gasteiger partial charge in [0.2, 0.25) is 5.43 Å². The fourth-order valence-electron chi connectivity index (χ4n) is 3.75. The van der Waals surface area contributed by atoms with Crippen LogP contribution in [0.25, 0.3) is 0 Å². The van der Waals surface area contributed by atoms with Crippen LogP contribution in [0.5, 0.6) is 11.5 Å². The lowest BCUT2D eigenvalue weighted by atomic mass is 9.78. The lowest BCUT2D eigenvalue weighted by molar-refractivity contribution is 0.0693. The van der Waals surface area contributed by atoms with Crippen molar-refractivity contribution in [2.24, 2.45) is 0 Å². The van der Waals surface area contributed by atoms with E-state index in [2.05, 4.69) is 0 Å². The summed E-state index contributed by atoms with van der Waals surface area (Å²) < 4.78 is 6.95. The van der Waals surface area contributed by atoms with Gasteiger partial charge in [-0.2, -0.15) is 0 Å². The summed E-state index contributed by atoms with van der Waals surface area (Å²) >= 11 is 0. The first-order chi connectivity index (χ1) is 11.9. The first-order valence-corrected chi connectivity index (χ1v) is 8.26. The standard InChI is InChI=1S/C19H21NO5/c1-25-14-6-4-5-13(9-14)19(7-2-3-8-19)12-20-10-15(18(23)24)17(22)16(21)11-20/h4-6,9-11,21H,2-3,7-8,12H2,1H3,(H,23,24). The second-order valence-electron chi connectivity index (χ2n) is 6.58. The van der Waals surface area contributed by atoms with Gasteiger partial charge in [0, 0.05) is 24.4 Å². The molecule has 2 aromatic rings. The SMILES string of the molecule is COc1cccc(C2(Cn3cc(O)c(=O)c(C(=O)O)c3)CCCC2)c1. The summed E-state index contributed by atoms with van der Waals surface area (Å²) in [6.45, 7) is 0.494. The molecule has 0 bridgehead atoms. The van der Waals surface area contributed by atoms with Crippen LogP contribution in [0.1, 0.15) is 41.6 Å². The Bertz CT molecular complexity index is 849. The van der Waals surface area contributed by atoms with Crippen molar-refractivity contribution in [3.63, 3.8) is 0 Å². The highest BCUT2D eigenvalue weighted by molar-refractivity contribution is 5.87. The van der Waals surface area contributed by atoms with Crippen LogP contribution in [-0.2, 0) is 12.0 Å². The normalized spacial score (nSPS) is 15.9. The van der Waals surface area contributed by atoms with Gasteiger partial charge in [0.15, 0.2) is 5.75 Å². The van der Waals surface area contributed by atoms with E-state index in [1.807, 2.05) is 24.3 Å². The number of carboxylic acid groups (broad SMARTS) is 1. The predicted molar refractivity (Wildman–Crippen MR) is 92.5 cm³/mol. The maximum Gasteiger partial charge on any atom is 0.341 e. The van der Waals surface area contributed by atoms with Crippen molar-refractivity contribution in [2.75, 3.05) is 7.11 Å². The Labute approximate surface area is 145 Å². The molecule has 0 atom stereocenters. The summed E-state index contributed by atoms with van der Waals surface area (Å²) in [4.78, 5) is 23.0. The van der Waals surface area contributed by atoms with Gasteiger partial charge in [0.1, 0.15) is 11.3 Å². The lowest BCUT2D eigenvalue weighted by Crippen LogP contribution is -2.30. The Hall–Kier alpha value is -2.76. The van der Waals surface area contributed by atoms with Gasteiger partial charge < -0.3 is 19.5 Å². The van der Waals surface area contributed by atoms with E-state index in [1.165, 1.54) is 12.4 Å². The number of benzene rings is 1. The molecule has 132 valence electrons. The number of ether oxygens (including phenoxy) is 1. The van der Waals surface area contributed by atoms with Gasteiger partial charge >= 0.3 is 5.97 Å². The van der Waals surface area contributed by atoms with Crippen LogP contribution in [0, 0.1) is 0 Å². The summed E-state index contributed by atoms with van der Waals surface area (Å²) in [6.07, 6.45) is 6.69. The second kappa shape index (κ2) is 6.63. The molecule has 0 saturated heterocycles. The first kappa shape index (κ1) is 17.1. The van der Waals surface area contributed by atoms with Crippen molar-refractivity contribution in [3.05, 3.63) is 58.0 Å². The molecule has 2 N–H and O–H groups in total. The Balaban J connectivity index is 2.03. The van der Waals surface area contributed by atoms with Gasteiger partial charge in [0.05, 0.1) is 7.11 Å². The largest absolute Gasteiger partial charge is 0.503 e. The molecule has 0 unspecified atom stereocenters. The van der Waals surface area contributed by atoms with Crippen LogP contribution in [0.4, 0.5) is 0 Å². The first-order valence-electron chi connectivity index (χ1n) is 8.26. The Morgan fingerprint density at radius 1 is 1.28 bits per heavy atom. The Morgan fingerprint density at radius 2 is 2.00 bits per heavy atom. The van der Waals surface area contributed by atoms with Gasteiger partial charge in [-0.05, 0) is 30.5 Å². The van der Waals surface area contributed by atoms with Gasteiger partial charge in [-0.3, -0.25) is 4.79 Å². The molecule has 1 saturated carbocycles. The van der Waals surface area contributed by atoms with Crippen molar-refractivity contribution >= 4 is 5.97 Å². The number of methoxy groups -OCH3 is 1. The molecule has 25 heavy (non-hydrogen) atoms. The molecular weight excluding hydrogens is 322 g/mol. The van der Waals surface area contributed by atoms with Crippen LogP contribution < -0.4 is 10.2 Å². The summed E-state index contributed by atoms with van der Waals surface area (Å²) in [7, 11) is 1.62. The summed E-state index contributed by atoms with van der Waals surface area (Å²) in [5.74, 6) is -1.10. The van der Waals surface area contributed by atoms with E-state index in [0.29, 0.717) is 6.54 Å². The predicted octanol–water partition coefficient (Wildman–Crippen LogP) is 2.77. The highest BCUT2D eigenvalue weighted by atomic mass is 16.5. The molecule has 0 spiro atoms. The monoisotopic (exact) mass is 343 g/mol. The van der Waals surface area contributed by atoms with Crippen molar-refractivity contribution in [2.45, 2.75) is 37.6 Å². The second-order valence-corrected chi connectivity index (χ2v) is 6.58. The summed E-state index contributed by atoms with van der Waals surface area (Å²) in [5, 5.41) is 19.0. The quantitative estimate of drug-likeness (QED) is 0.871. The molecule has 1 aromatic carbocycles. The van der Waals surface area contributed by atoms with Crippen LogP contribution in [0.15, 0.2) is 41.5 Å². The maximum atomic E-state index is 11.8. The number of rotatable bonds is 5.